The van der Waals surface area contributed by atoms with E-state index in [1.807, 2.05) is 40.7 Å². The first-order valence-electron chi connectivity index (χ1n) is 7.27. The van der Waals surface area contributed by atoms with Crippen molar-refractivity contribution in [1.82, 2.24) is 9.88 Å². The number of carbonyl (C=O) groups is 1. The number of halogens is 2. The van der Waals surface area contributed by atoms with Crippen molar-refractivity contribution in [3.63, 3.8) is 0 Å². The molecule has 1 amide bonds. The molecular formula is C16H21Cl2N3OS. The first kappa shape index (κ1) is 19.7. The van der Waals surface area contributed by atoms with Gasteiger partial charge in [-0.15, -0.1) is 36.2 Å². The predicted molar refractivity (Wildman–Crippen MR) is 99.5 cm³/mol. The molecular weight excluding hydrogens is 353 g/mol. The normalized spacial score (nSPS) is 17.0. The molecule has 1 aliphatic heterocycles. The second kappa shape index (κ2) is 9.11. The molecule has 0 bridgehead atoms. The van der Waals surface area contributed by atoms with Crippen LogP contribution in [0.4, 0.5) is 5.69 Å². The maximum Gasteiger partial charge on any atom is 0.227 e. The van der Waals surface area contributed by atoms with Crippen LogP contribution in [0.1, 0.15) is 35.9 Å². The predicted octanol–water partition coefficient (Wildman–Crippen LogP) is 3.87. The van der Waals surface area contributed by atoms with E-state index in [9.17, 15) is 4.79 Å². The first-order chi connectivity index (χ1) is 10.2. The SMILES string of the molecule is Cl.Cl.Nc1ccc(CC(=O)N2CCCCC2c2nccs2)cc1. The highest BCUT2D eigenvalue weighted by Gasteiger charge is 2.29. The zero-order chi connectivity index (χ0) is 14.7. The van der Waals surface area contributed by atoms with E-state index in [1.165, 1.54) is 0 Å². The van der Waals surface area contributed by atoms with Gasteiger partial charge in [0, 0.05) is 23.8 Å². The molecule has 2 aromatic rings. The summed E-state index contributed by atoms with van der Waals surface area (Å²) in [5.41, 5.74) is 7.42. The number of aromatic nitrogens is 1. The molecule has 1 aromatic heterocycles. The number of amides is 1. The van der Waals surface area contributed by atoms with E-state index >= 15 is 0 Å². The topological polar surface area (TPSA) is 59.2 Å². The second-order valence-corrected chi connectivity index (χ2v) is 6.31. The quantitative estimate of drug-likeness (QED) is 0.830. The lowest BCUT2D eigenvalue weighted by molar-refractivity contribution is -0.134. The number of benzene rings is 1. The van der Waals surface area contributed by atoms with Gasteiger partial charge in [-0.05, 0) is 37.0 Å². The Morgan fingerprint density at radius 3 is 2.65 bits per heavy atom. The number of hydrogen-bond donors (Lipinski definition) is 1. The average molecular weight is 374 g/mol. The number of nitrogens with two attached hydrogens (primary N) is 1. The summed E-state index contributed by atoms with van der Waals surface area (Å²) in [6.07, 6.45) is 5.51. The maximum atomic E-state index is 12.6. The summed E-state index contributed by atoms with van der Waals surface area (Å²) in [6.45, 7) is 0.831. The largest absolute Gasteiger partial charge is 0.399 e. The smallest absolute Gasteiger partial charge is 0.227 e. The Morgan fingerprint density at radius 2 is 2.00 bits per heavy atom. The summed E-state index contributed by atoms with van der Waals surface area (Å²) in [4.78, 5) is 19.0. The monoisotopic (exact) mass is 373 g/mol. The van der Waals surface area contributed by atoms with Crippen LogP contribution < -0.4 is 5.73 Å². The van der Waals surface area contributed by atoms with Crippen LogP contribution in [0.5, 0.6) is 0 Å². The lowest BCUT2D eigenvalue weighted by Crippen LogP contribution is -2.39. The van der Waals surface area contributed by atoms with Crippen LogP contribution in [0, 0.1) is 0 Å². The van der Waals surface area contributed by atoms with Crippen molar-refractivity contribution >= 4 is 47.7 Å². The van der Waals surface area contributed by atoms with Crippen molar-refractivity contribution in [2.45, 2.75) is 31.7 Å². The highest BCUT2D eigenvalue weighted by atomic mass is 35.5. The minimum atomic E-state index is 0. The number of rotatable bonds is 3. The van der Waals surface area contributed by atoms with Crippen LogP contribution in [0.15, 0.2) is 35.8 Å². The fourth-order valence-corrected chi connectivity index (χ4v) is 3.58. The number of likely N-dealkylation sites (tertiary alicyclic amines) is 1. The zero-order valence-electron chi connectivity index (χ0n) is 12.7. The van der Waals surface area contributed by atoms with E-state index in [1.54, 1.807) is 11.3 Å². The van der Waals surface area contributed by atoms with Crippen LogP contribution in [0.3, 0.4) is 0 Å². The summed E-state index contributed by atoms with van der Waals surface area (Å²) < 4.78 is 0. The van der Waals surface area contributed by atoms with Gasteiger partial charge in [-0.1, -0.05) is 12.1 Å². The van der Waals surface area contributed by atoms with Crippen LogP contribution in [-0.4, -0.2) is 22.3 Å². The van der Waals surface area contributed by atoms with Crippen molar-refractivity contribution in [1.29, 1.82) is 0 Å². The molecule has 126 valence electrons. The maximum absolute atomic E-state index is 12.6. The van der Waals surface area contributed by atoms with Crippen molar-refractivity contribution < 1.29 is 4.79 Å². The van der Waals surface area contributed by atoms with Crippen molar-refractivity contribution in [3.05, 3.63) is 46.4 Å². The molecule has 1 aromatic carbocycles. The standard InChI is InChI=1S/C16H19N3OS.2ClH/c17-13-6-4-12(5-7-13)11-15(20)19-9-2-1-3-14(19)16-18-8-10-21-16;;/h4-8,10,14H,1-3,9,11,17H2;2*1H. The lowest BCUT2D eigenvalue weighted by Gasteiger charge is -2.34. The number of nitrogens with zero attached hydrogens (tertiary/aromatic N) is 2. The Bertz CT molecular complexity index is 604. The minimum Gasteiger partial charge on any atom is -0.399 e. The van der Waals surface area contributed by atoms with Gasteiger partial charge in [-0.25, -0.2) is 4.98 Å². The van der Waals surface area contributed by atoms with E-state index < -0.39 is 0 Å². The molecule has 1 atom stereocenters. The summed E-state index contributed by atoms with van der Waals surface area (Å²) in [6, 6.07) is 7.69. The Kier molecular flexibility index (Phi) is 7.82. The minimum absolute atomic E-state index is 0. The molecule has 3 rings (SSSR count). The molecule has 1 saturated heterocycles. The molecule has 2 N–H and O–H groups in total. The number of nitrogen functional groups attached to an aromatic ring is 1. The fourth-order valence-electron chi connectivity index (χ4n) is 2.80. The number of anilines is 1. The fraction of sp³-hybridized carbons (Fsp3) is 0.375. The van der Waals surface area contributed by atoms with Gasteiger partial charge in [0.2, 0.25) is 5.91 Å². The summed E-state index contributed by atoms with van der Waals surface area (Å²) >= 11 is 1.64. The van der Waals surface area contributed by atoms with E-state index in [0.717, 1.165) is 42.1 Å². The third kappa shape index (κ3) is 4.83. The lowest BCUT2D eigenvalue weighted by atomic mass is 10.0. The summed E-state index contributed by atoms with van der Waals surface area (Å²) in [5.74, 6) is 0.180. The summed E-state index contributed by atoms with van der Waals surface area (Å²) in [7, 11) is 0. The highest BCUT2D eigenvalue weighted by Crippen LogP contribution is 2.32. The third-order valence-corrected chi connectivity index (χ3v) is 4.77. The van der Waals surface area contributed by atoms with E-state index in [4.69, 9.17) is 5.73 Å². The molecule has 4 nitrogen and oxygen atoms in total. The van der Waals surface area contributed by atoms with Crippen LogP contribution >= 0.6 is 36.2 Å². The number of hydrogen-bond acceptors (Lipinski definition) is 4. The van der Waals surface area contributed by atoms with Crippen LogP contribution in [0.2, 0.25) is 0 Å². The van der Waals surface area contributed by atoms with Gasteiger partial charge in [-0.2, -0.15) is 0 Å². The molecule has 1 fully saturated rings. The zero-order valence-corrected chi connectivity index (χ0v) is 15.1. The molecule has 7 heteroatoms. The van der Waals surface area contributed by atoms with Gasteiger partial charge in [-0.3, -0.25) is 4.79 Å². The van der Waals surface area contributed by atoms with E-state index in [2.05, 4.69) is 4.98 Å². The van der Waals surface area contributed by atoms with Crippen molar-refractivity contribution in [2.75, 3.05) is 12.3 Å². The summed E-state index contributed by atoms with van der Waals surface area (Å²) in [5, 5.41) is 3.03. The van der Waals surface area contributed by atoms with Crippen LogP contribution in [0.25, 0.3) is 0 Å². The van der Waals surface area contributed by atoms with Crippen molar-refractivity contribution in [2.24, 2.45) is 0 Å². The van der Waals surface area contributed by atoms with Gasteiger partial charge in [0.25, 0.3) is 0 Å². The highest BCUT2D eigenvalue weighted by molar-refractivity contribution is 7.09. The van der Waals surface area contributed by atoms with Gasteiger partial charge in [0.15, 0.2) is 0 Å². The molecule has 0 saturated carbocycles. The molecule has 1 unspecified atom stereocenters. The third-order valence-electron chi connectivity index (χ3n) is 3.89. The molecule has 0 spiro atoms. The van der Waals surface area contributed by atoms with Gasteiger partial charge >= 0.3 is 0 Å². The number of piperidine rings is 1. The second-order valence-electron chi connectivity index (χ2n) is 5.39. The van der Waals surface area contributed by atoms with Crippen LogP contribution in [-0.2, 0) is 11.2 Å². The molecule has 0 aliphatic carbocycles. The van der Waals surface area contributed by atoms with E-state index in [0.29, 0.717) is 6.42 Å². The number of thiazole rings is 1. The molecule has 23 heavy (non-hydrogen) atoms. The Labute approximate surface area is 152 Å². The molecule has 1 aliphatic rings. The van der Waals surface area contributed by atoms with Crippen molar-refractivity contribution in [3.8, 4) is 0 Å². The van der Waals surface area contributed by atoms with Gasteiger partial charge in [0.1, 0.15) is 5.01 Å². The average Bonchev–Trinajstić information content (AvgIpc) is 3.04. The Balaban J connectivity index is 0.00000132. The Hall–Kier alpha value is -1.30. The van der Waals surface area contributed by atoms with Gasteiger partial charge in [0.05, 0.1) is 12.5 Å². The van der Waals surface area contributed by atoms with Gasteiger partial charge < -0.3 is 10.6 Å². The molecule has 2 heterocycles. The number of carbonyl (C=O) groups excluding carboxylic acids is 1. The Morgan fingerprint density at radius 1 is 1.26 bits per heavy atom. The molecule has 0 radical (unpaired) electrons. The van der Waals surface area contributed by atoms with E-state index in [-0.39, 0.29) is 36.8 Å². The first-order valence-corrected chi connectivity index (χ1v) is 8.15.